The predicted molar refractivity (Wildman–Crippen MR) is 139 cm³/mol. The van der Waals surface area contributed by atoms with Gasteiger partial charge in [0, 0.05) is 6.04 Å². The molecule has 5 nitrogen and oxygen atoms in total. The zero-order chi connectivity index (χ0) is 23.6. The van der Waals surface area contributed by atoms with E-state index in [1.54, 1.807) is 18.2 Å². The number of aryl methyl sites for hydroxylation is 1. The first kappa shape index (κ1) is 26.3. The molecule has 0 aliphatic carbocycles. The number of hydrogen-bond acceptors (Lipinski definition) is 6. The normalized spacial score (nSPS) is 17.3. The SMILES string of the molecule is Cc1ccc(S(=O)(=O)N[C@@H](COCc2ccccc2)CC2(C/C=C\CO)SCCCS2)cc1. The van der Waals surface area contributed by atoms with E-state index in [9.17, 15) is 13.5 Å². The van der Waals surface area contributed by atoms with Gasteiger partial charge >= 0.3 is 0 Å². The van der Waals surface area contributed by atoms with Crippen molar-refractivity contribution in [3.05, 3.63) is 77.9 Å². The van der Waals surface area contributed by atoms with E-state index in [4.69, 9.17) is 4.74 Å². The summed E-state index contributed by atoms with van der Waals surface area (Å²) in [5.41, 5.74) is 2.07. The van der Waals surface area contributed by atoms with Gasteiger partial charge < -0.3 is 9.84 Å². The second kappa shape index (κ2) is 13.0. The molecule has 1 heterocycles. The fourth-order valence-corrected chi connectivity index (χ4v) is 8.31. The number of benzene rings is 2. The number of thioether (sulfide) groups is 2. The Labute approximate surface area is 206 Å². The third kappa shape index (κ3) is 8.46. The van der Waals surface area contributed by atoms with Crippen LogP contribution in [0.3, 0.4) is 0 Å². The molecule has 2 aromatic rings. The molecule has 1 atom stereocenters. The van der Waals surface area contributed by atoms with Crippen LogP contribution in [-0.4, -0.2) is 48.4 Å². The summed E-state index contributed by atoms with van der Waals surface area (Å²) in [6.45, 7) is 2.66. The number of nitrogens with one attached hydrogen (secondary N) is 1. The number of aliphatic hydroxyl groups is 1. The van der Waals surface area contributed by atoms with Gasteiger partial charge in [0.15, 0.2) is 0 Å². The zero-order valence-corrected chi connectivity index (χ0v) is 21.4. The molecule has 0 aromatic heterocycles. The lowest BCUT2D eigenvalue weighted by molar-refractivity contribution is 0.101. The van der Waals surface area contributed by atoms with Crippen LogP contribution in [0, 0.1) is 6.92 Å². The van der Waals surface area contributed by atoms with Gasteiger partial charge in [0.25, 0.3) is 0 Å². The second-order valence-corrected chi connectivity index (χ2v) is 13.1. The molecule has 0 unspecified atom stereocenters. The van der Waals surface area contributed by atoms with Crippen LogP contribution < -0.4 is 4.72 Å². The smallest absolute Gasteiger partial charge is 0.240 e. The van der Waals surface area contributed by atoms with Crippen LogP contribution in [0.5, 0.6) is 0 Å². The molecule has 0 radical (unpaired) electrons. The van der Waals surface area contributed by atoms with Crippen molar-refractivity contribution in [2.24, 2.45) is 0 Å². The van der Waals surface area contributed by atoms with Crippen molar-refractivity contribution in [1.82, 2.24) is 4.72 Å². The van der Waals surface area contributed by atoms with E-state index in [-0.39, 0.29) is 28.2 Å². The van der Waals surface area contributed by atoms with E-state index >= 15 is 0 Å². The Kier molecular flexibility index (Phi) is 10.3. The number of allylic oxidation sites excluding steroid dienone is 1. The lowest BCUT2D eigenvalue weighted by Gasteiger charge is -2.38. The molecule has 2 N–H and O–H groups in total. The maximum atomic E-state index is 13.2. The minimum absolute atomic E-state index is 0.00901. The Bertz CT molecular complexity index is 972. The van der Waals surface area contributed by atoms with Gasteiger partial charge in [-0.2, -0.15) is 0 Å². The highest BCUT2D eigenvalue weighted by Gasteiger charge is 2.36. The molecule has 1 saturated heterocycles. The van der Waals surface area contributed by atoms with E-state index in [1.807, 2.05) is 79.0 Å². The van der Waals surface area contributed by atoms with Crippen molar-refractivity contribution in [1.29, 1.82) is 0 Å². The highest BCUT2D eigenvalue weighted by Crippen LogP contribution is 2.48. The number of rotatable bonds is 12. The van der Waals surface area contributed by atoms with Crippen LogP contribution in [0.15, 0.2) is 71.6 Å². The molecule has 2 aromatic carbocycles. The monoisotopic (exact) mass is 507 g/mol. The van der Waals surface area contributed by atoms with Gasteiger partial charge in [-0.25, -0.2) is 13.1 Å². The number of sulfonamides is 1. The largest absolute Gasteiger partial charge is 0.392 e. The van der Waals surface area contributed by atoms with Crippen molar-refractivity contribution >= 4 is 33.5 Å². The Balaban J connectivity index is 1.76. The summed E-state index contributed by atoms with van der Waals surface area (Å²) in [5, 5.41) is 9.17. The molecular weight excluding hydrogens is 474 g/mol. The van der Waals surface area contributed by atoms with Crippen molar-refractivity contribution in [3.63, 3.8) is 0 Å². The summed E-state index contributed by atoms with van der Waals surface area (Å²) in [5.74, 6) is 2.09. The molecule has 33 heavy (non-hydrogen) atoms. The quantitative estimate of drug-likeness (QED) is 0.404. The lowest BCUT2D eigenvalue weighted by atomic mass is 10.1. The molecule has 1 aliphatic rings. The first-order chi connectivity index (χ1) is 15.9. The number of hydrogen-bond donors (Lipinski definition) is 2. The van der Waals surface area contributed by atoms with Gasteiger partial charge in [0.1, 0.15) is 0 Å². The molecular formula is C25H33NO4S3. The topological polar surface area (TPSA) is 75.6 Å². The summed E-state index contributed by atoms with van der Waals surface area (Å²) in [4.78, 5) is 0.263. The minimum Gasteiger partial charge on any atom is -0.392 e. The first-order valence-corrected chi connectivity index (χ1v) is 14.6. The fourth-order valence-electron chi connectivity index (χ4n) is 3.68. The molecule has 0 bridgehead atoms. The maximum absolute atomic E-state index is 13.2. The van der Waals surface area contributed by atoms with Crippen molar-refractivity contribution in [3.8, 4) is 0 Å². The van der Waals surface area contributed by atoms with Crippen LogP contribution >= 0.6 is 23.5 Å². The Morgan fingerprint density at radius 2 is 1.79 bits per heavy atom. The zero-order valence-electron chi connectivity index (χ0n) is 19.0. The van der Waals surface area contributed by atoms with Gasteiger partial charge in [-0.3, -0.25) is 0 Å². The van der Waals surface area contributed by atoms with E-state index in [2.05, 4.69) is 4.72 Å². The average molecular weight is 508 g/mol. The van der Waals surface area contributed by atoms with Crippen molar-refractivity contribution in [2.45, 2.75) is 47.8 Å². The summed E-state index contributed by atoms with van der Waals surface area (Å²) in [7, 11) is -3.68. The van der Waals surface area contributed by atoms with E-state index in [0.29, 0.717) is 13.0 Å². The van der Waals surface area contributed by atoms with Crippen LogP contribution in [-0.2, 0) is 21.4 Å². The molecule has 1 aliphatic heterocycles. The molecule has 180 valence electrons. The predicted octanol–water partition coefficient (Wildman–Crippen LogP) is 4.75. The molecule has 0 saturated carbocycles. The van der Waals surface area contributed by atoms with Crippen LogP contribution in [0.1, 0.15) is 30.4 Å². The summed E-state index contributed by atoms with van der Waals surface area (Å²) >= 11 is 3.77. The summed E-state index contributed by atoms with van der Waals surface area (Å²) in [6.07, 6.45) is 6.31. The number of ether oxygens (including phenoxy) is 1. The standard InChI is InChI=1S/C25H33NO4S3/c1-21-10-12-24(13-11-21)33(28,29)26-23(20-30-19-22-8-3-2-4-9-22)18-25(14-5-6-15-27)31-16-7-17-32-25/h2-6,8-13,23,26-27H,7,14-20H2,1H3/b6-5-/t23-/m1/s1. The van der Waals surface area contributed by atoms with Crippen LogP contribution in [0.4, 0.5) is 0 Å². The van der Waals surface area contributed by atoms with E-state index < -0.39 is 10.0 Å². The Morgan fingerprint density at radius 1 is 1.09 bits per heavy atom. The van der Waals surface area contributed by atoms with Crippen LogP contribution in [0.25, 0.3) is 0 Å². The lowest BCUT2D eigenvalue weighted by Crippen LogP contribution is -2.43. The van der Waals surface area contributed by atoms with Crippen LogP contribution in [0.2, 0.25) is 0 Å². The maximum Gasteiger partial charge on any atom is 0.240 e. The highest BCUT2D eigenvalue weighted by atomic mass is 32.2. The van der Waals surface area contributed by atoms with E-state index in [0.717, 1.165) is 35.5 Å². The Morgan fingerprint density at radius 3 is 2.45 bits per heavy atom. The molecule has 8 heteroatoms. The van der Waals surface area contributed by atoms with Gasteiger partial charge in [0.2, 0.25) is 10.0 Å². The summed E-state index contributed by atoms with van der Waals surface area (Å²) < 4.78 is 35.1. The molecule has 0 amide bonds. The van der Waals surface area contributed by atoms with Crippen molar-refractivity contribution < 1.29 is 18.3 Å². The third-order valence-electron chi connectivity index (χ3n) is 5.36. The minimum atomic E-state index is -3.68. The fraction of sp³-hybridized carbons (Fsp3) is 0.440. The van der Waals surface area contributed by atoms with Gasteiger partial charge in [0.05, 0.1) is 28.8 Å². The average Bonchev–Trinajstić information content (AvgIpc) is 2.80. The molecule has 0 spiro atoms. The first-order valence-electron chi connectivity index (χ1n) is 11.2. The molecule has 1 fully saturated rings. The van der Waals surface area contributed by atoms with Gasteiger partial charge in [-0.05, 0) is 55.4 Å². The second-order valence-electron chi connectivity index (χ2n) is 8.16. The van der Waals surface area contributed by atoms with Gasteiger partial charge in [-0.15, -0.1) is 23.5 Å². The van der Waals surface area contributed by atoms with E-state index in [1.165, 1.54) is 0 Å². The summed E-state index contributed by atoms with van der Waals surface area (Å²) in [6, 6.07) is 16.4. The Hall–Kier alpha value is -1.29. The number of aliphatic hydroxyl groups excluding tert-OH is 1. The third-order valence-corrected chi connectivity index (χ3v) is 10.3. The highest BCUT2D eigenvalue weighted by molar-refractivity contribution is 8.18. The van der Waals surface area contributed by atoms with Gasteiger partial charge in [-0.1, -0.05) is 60.2 Å². The molecule has 3 rings (SSSR count). The van der Waals surface area contributed by atoms with Crippen molar-refractivity contribution in [2.75, 3.05) is 24.7 Å².